The molecule has 3 nitrogen and oxygen atoms in total. The summed E-state index contributed by atoms with van der Waals surface area (Å²) < 4.78 is 22.6. The van der Waals surface area contributed by atoms with Crippen molar-refractivity contribution >= 4 is 15.5 Å². The van der Waals surface area contributed by atoms with Gasteiger partial charge in [0.05, 0.1) is 5.75 Å². The van der Waals surface area contributed by atoms with E-state index in [1.54, 1.807) is 6.92 Å². The highest BCUT2D eigenvalue weighted by atomic mass is 32.2. The number of anilines is 1. The van der Waals surface area contributed by atoms with E-state index in [-0.39, 0.29) is 11.5 Å². The third-order valence-corrected chi connectivity index (χ3v) is 4.27. The molecule has 0 aliphatic heterocycles. The van der Waals surface area contributed by atoms with E-state index < -0.39 is 9.84 Å². The molecule has 0 aromatic heterocycles. The van der Waals surface area contributed by atoms with Crippen LogP contribution in [-0.4, -0.2) is 26.5 Å². The molecule has 90 valence electrons. The number of rotatable bonds is 6. The molecule has 0 spiro atoms. The molecule has 0 saturated carbocycles. The first kappa shape index (κ1) is 13.0. The maximum atomic E-state index is 11.3. The van der Waals surface area contributed by atoms with Gasteiger partial charge in [-0.2, -0.15) is 0 Å². The summed E-state index contributed by atoms with van der Waals surface area (Å²) in [6.07, 6.45) is 0.948. The van der Waals surface area contributed by atoms with Crippen LogP contribution in [0.3, 0.4) is 0 Å². The Morgan fingerprint density at radius 2 is 1.88 bits per heavy atom. The first-order valence-corrected chi connectivity index (χ1v) is 7.43. The number of benzene rings is 1. The van der Waals surface area contributed by atoms with Crippen LogP contribution in [-0.2, 0) is 16.3 Å². The highest BCUT2D eigenvalue weighted by Gasteiger charge is 2.06. The smallest absolute Gasteiger partial charge is 0.151 e. The summed E-state index contributed by atoms with van der Waals surface area (Å²) in [7, 11) is -2.87. The van der Waals surface area contributed by atoms with Gasteiger partial charge < -0.3 is 5.32 Å². The zero-order valence-electron chi connectivity index (χ0n) is 9.86. The van der Waals surface area contributed by atoms with Crippen molar-refractivity contribution in [3.05, 3.63) is 29.8 Å². The van der Waals surface area contributed by atoms with Crippen LogP contribution in [0.15, 0.2) is 24.3 Å². The van der Waals surface area contributed by atoms with Gasteiger partial charge in [-0.1, -0.05) is 32.0 Å². The van der Waals surface area contributed by atoms with Crippen molar-refractivity contribution in [1.82, 2.24) is 0 Å². The van der Waals surface area contributed by atoms with Gasteiger partial charge in [-0.25, -0.2) is 8.42 Å². The van der Waals surface area contributed by atoms with E-state index in [0.717, 1.165) is 12.1 Å². The van der Waals surface area contributed by atoms with Crippen LogP contribution in [0.25, 0.3) is 0 Å². The predicted molar refractivity (Wildman–Crippen MR) is 68.6 cm³/mol. The zero-order valence-corrected chi connectivity index (χ0v) is 10.7. The van der Waals surface area contributed by atoms with Crippen molar-refractivity contribution in [2.45, 2.75) is 20.3 Å². The van der Waals surface area contributed by atoms with Crippen LogP contribution in [0.1, 0.15) is 19.4 Å². The first-order valence-electron chi connectivity index (χ1n) is 5.61. The van der Waals surface area contributed by atoms with Gasteiger partial charge in [0.2, 0.25) is 0 Å². The van der Waals surface area contributed by atoms with E-state index in [4.69, 9.17) is 0 Å². The van der Waals surface area contributed by atoms with Crippen molar-refractivity contribution in [2.75, 3.05) is 23.4 Å². The molecule has 4 heteroatoms. The monoisotopic (exact) mass is 241 g/mol. The van der Waals surface area contributed by atoms with Crippen LogP contribution in [0, 0.1) is 0 Å². The molecule has 0 heterocycles. The Hall–Kier alpha value is -1.03. The maximum Gasteiger partial charge on any atom is 0.151 e. The average molecular weight is 241 g/mol. The normalized spacial score (nSPS) is 11.4. The lowest BCUT2D eigenvalue weighted by molar-refractivity contribution is 0.597. The van der Waals surface area contributed by atoms with Crippen molar-refractivity contribution in [1.29, 1.82) is 0 Å². The lowest BCUT2D eigenvalue weighted by Crippen LogP contribution is -2.17. The molecule has 1 N–H and O–H groups in total. The van der Waals surface area contributed by atoms with Crippen molar-refractivity contribution < 1.29 is 8.42 Å². The van der Waals surface area contributed by atoms with Crippen LogP contribution < -0.4 is 5.32 Å². The lowest BCUT2D eigenvalue weighted by atomic mass is 10.1. The van der Waals surface area contributed by atoms with Crippen molar-refractivity contribution in [3.8, 4) is 0 Å². The largest absolute Gasteiger partial charge is 0.384 e. The fourth-order valence-electron chi connectivity index (χ4n) is 1.49. The topological polar surface area (TPSA) is 46.2 Å². The highest BCUT2D eigenvalue weighted by Crippen LogP contribution is 2.14. The molecular weight excluding hydrogens is 222 g/mol. The summed E-state index contributed by atoms with van der Waals surface area (Å²) in [6, 6.07) is 7.98. The maximum absolute atomic E-state index is 11.3. The molecule has 0 atom stereocenters. The molecule has 0 fully saturated rings. The molecular formula is C12H19NO2S. The van der Waals surface area contributed by atoms with E-state index in [2.05, 4.69) is 18.3 Å². The second kappa shape index (κ2) is 5.89. The zero-order chi connectivity index (χ0) is 12.0. The van der Waals surface area contributed by atoms with E-state index in [1.165, 1.54) is 5.56 Å². The molecule has 0 radical (unpaired) electrons. The highest BCUT2D eigenvalue weighted by molar-refractivity contribution is 7.91. The molecule has 16 heavy (non-hydrogen) atoms. The van der Waals surface area contributed by atoms with Gasteiger partial charge in [-0.3, -0.25) is 0 Å². The Balaban J connectivity index is 2.55. The molecule has 0 bridgehead atoms. The van der Waals surface area contributed by atoms with Crippen molar-refractivity contribution in [3.63, 3.8) is 0 Å². The number of hydrogen-bond donors (Lipinski definition) is 1. The predicted octanol–water partition coefficient (Wildman–Crippen LogP) is 2.10. The number of sulfone groups is 1. The second-order valence-corrected chi connectivity index (χ2v) is 6.15. The van der Waals surface area contributed by atoms with Gasteiger partial charge in [0.1, 0.15) is 0 Å². The van der Waals surface area contributed by atoms with Gasteiger partial charge in [0.15, 0.2) is 9.84 Å². The summed E-state index contributed by atoms with van der Waals surface area (Å²) in [6.45, 7) is 4.24. The molecule has 0 amide bonds. The summed E-state index contributed by atoms with van der Waals surface area (Å²) in [5.41, 5.74) is 2.26. The van der Waals surface area contributed by atoms with Crippen LogP contribution in [0.5, 0.6) is 0 Å². The number of aryl methyl sites for hydroxylation is 1. The summed E-state index contributed by atoms with van der Waals surface area (Å²) in [4.78, 5) is 0. The molecule has 0 unspecified atom stereocenters. The minimum Gasteiger partial charge on any atom is -0.384 e. The van der Waals surface area contributed by atoms with E-state index in [1.807, 2.05) is 18.2 Å². The molecule has 1 aromatic rings. The minimum atomic E-state index is -2.87. The third-order valence-electron chi connectivity index (χ3n) is 2.57. The van der Waals surface area contributed by atoms with E-state index in [0.29, 0.717) is 6.54 Å². The Kier molecular flexibility index (Phi) is 4.80. The molecule has 0 aliphatic carbocycles. The van der Waals surface area contributed by atoms with Gasteiger partial charge in [-0.15, -0.1) is 0 Å². The third kappa shape index (κ3) is 3.85. The van der Waals surface area contributed by atoms with E-state index in [9.17, 15) is 8.42 Å². The molecule has 1 aromatic carbocycles. The fourth-order valence-corrected chi connectivity index (χ4v) is 2.19. The number of para-hydroxylation sites is 1. The summed E-state index contributed by atoms with van der Waals surface area (Å²) in [5.74, 6) is 0.408. The average Bonchev–Trinajstić information content (AvgIpc) is 2.29. The standard InChI is InChI=1S/C12H19NO2S/c1-3-11-7-5-6-8-12(11)13-9-10-16(14,15)4-2/h5-8,13H,3-4,9-10H2,1-2H3. The Labute approximate surface area is 97.8 Å². The van der Waals surface area contributed by atoms with Crippen LogP contribution >= 0.6 is 0 Å². The SMILES string of the molecule is CCc1ccccc1NCCS(=O)(=O)CC. The first-order chi connectivity index (χ1) is 7.59. The molecule has 0 aliphatic rings. The van der Waals surface area contributed by atoms with Crippen LogP contribution in [0.4, 0.5) is 5.69 Å². The Bertz CT molecular complexity index is 426. The minimum absolute atomic E-state index is 0.196. The second-order valence-electron chi connectivity index (χ2n) is 3.67. The van der Waals surface area contributed by atoms with Gasteiger partial charge in [-0.05, 0) is 18.1 Å². The summed E-state index contributed by atoms with van der Waals surface area (Å²) >= 11 is 0. The quantitative estimate of drug-likeness (QED) is 0.829. The van der Waals surface area contributed by atoms with Gasteiger partial charge in [0.25, 0.3) is 0 Å². The van der Waals surface area contributed by atoms with Crippen molar-refractivity contribution in [2.24, 2.45) is 0 Å². The van der Waals surface area contributed by atoms with Gasteiger partial charge in [0, 0.05) is 18.0 Å². The molecule has 1 rings (SSSR count). The Morgan fingerprint density at radius 1 is 1.19 bits per heavy atom. The summed E-state index contributed by atoms with van der Waals surface area (Å²) in [5, 5.41) is 3.18. The Morgan fingerprint density at radius 3 is 2.50 bits per heavy atom. The fraction of sp³-hybridized carbons (Fsp3) is 0.500. The number of nitrogens with one attached hydrogen (secondary N) is 1. The van der Waals surface area contributed by atoms with Crippen LogP contribution in [0.2, 0.25) is 0 Å². The molecule has 0 saturated heterocycles. The van der Waals surface area contributed by atoms with Gasteiger partial charge >= 0.3 is 0 Å². The number of hydrogen-bond acceptors (Lipinski definition) is 3. The lowest BCUT2D eigenvalue weighted by Gasteiger charge is -2.10. The van der Waals surface area contributed by atoms with E-state index >= 15 is 0 Å².